The molecule has 1 aliphatic rings. The number of hydrogen-bond donors (Lipinski definition) is 0. The number of carbonyl (C=O) groups is 1. The minimum Gasteiger partial charge on any atom is -0.308 e. The van der Waals surface area contributed by atoms with Crippen molar-refractivity contribution in [2.75, 3.05) is 4.90 Å². The lowest BCUT2D eigenvalue weighted by atomic mass is 9.80. The van der Waals surface area contributed by atoms with Crippen molar-refractivity contribution in [2.24, 2.45) is 0 Å². The van der Waals surface area contributed by atoms with Crippen LogP contribution in [0.3, 0.4) is 0 Å². The molecule has 2 heteroatoms. The van der Waals surface area contributed by atoms with Crippen molar-refractivity contribution in [3.63, 3.8) is 0 Å². The predicted molar refractivity (Wildman–Crippen MR) is 137 cm³/mol. The van der Waals surface area contributed by atoms with Crippen molar-refractivity contribution in [2.45, 2.75) is 25.8 Å². The van der Waals surface area contributed by atoms with E-state index in [0.29, 0.717) is 13.0 Å². The summed E-state index contributed by atoms with van der Waals surface area (Å²) in [4.78, 5) is 15.5. The summed E-state index contributed by atoms with van der Waals surface area (Å²) in [5.41, 5.74) is 5.87. The quantitative estimate of drug-likeness (QED) is 0.294. The summed E-state index contributed by atoms with van der Waals surface area (Å²) in [5.74, 6) is 0.217. The summed E-state index contributed by atoms with van der Waals surface area (Å²) in [6.45, 7) is 2.68. The summed E-state index contributed by atoms with van der Waals surface area (Å²) in [5, 5.41) is 4.88. The molecule has 0 fully saturated rings. The lowest BCUT2D eigenvalue weighted by Gasteiger charge is -2.35. The summed E-state index contributed by atoms with van der Waals surface area (Å²) in [7, 11) is 0. The Bertz CT molecular complexity index is 1500. The zero-order valence-corrected chi connectivity index (χ0v) is 18.7. The van der Waals surface area contributed by atoms with E-state index in [1.807, 2.05) is 4.90 Å². The van der Waals surface area contributed by atoms with E-state index in [1.54, 1.807) is 0 Å². The molecule has 5 aromatic rings. The van der Waals surface area contributed by atoms with E-state index in [2.05, 4.69) is 110 Å². The molecule has 0 aromatic heterocycles. The average Bonchev–Trinajstić information content (AvgIpc) is 2.86. The Balaban J connectivity index is 1.52. The van der Waals surface area contributed by atoms with Gasteiger partial charge in [0, 0.05) is 18.0 Å². The first kappa shape index (κ1) is 19.8. The second kappa shape index (κ2) is 7.90. The van der Waals surface area contributed by atoms with Crippen LogP contribution in [0.25, 0.3) is 21.5 Å². The van der Waals surface area contributed by atoms with Gasteiger partial charge in [-0.05, 0) is 51.2 Å². The Kier molecular flexibility index (Phi) is 4.73. The Hall–Kier alpha value is -3.91. The maximum Gasteiger partial charge on any atom is 0.228 e. The van der Waals surface area contributed by atoms with Gasteiger partial charge in [-0.15, -0.1) is 0 Å². The number of rotatable bonds is 3. The smallest absolute Gasteiger partial charge is 0.228 e. The highest BCUT2D eigenvalue weighted by Gasteiger charge is 2.33. The van der Waals surface area contributed by atoms with Gasteiger partial charge in [-0.3, -0.25) is 4.79 Å². The van der Waals surface area contributed by atoms with Crippen LogP contribution in [0, 0.1) is 6.92 Å². The third kappa shape index (κ3) is 3.48. The van der Waals surface area contributed by atoms with Crippen molar-refractivity contribution in [3.8, 4) is 0 Å². The van der Waals surface area contributed by atoms with Crippen LogP contribution in [-0.4, -0.2) is 5.91 Å². The maximum atomic E-state index is 13.5. The van der Waals surface area contributed by atoms with Gasteiger partial charge in [-0.1, -0.05) is 103 Å². The van der Waals surface area contributed by atoms with Gasteiger partial charge in [-0.2, -0.15) is 0 Å². The van der Waals surface area contributed by atoms with Gasteiger partial charge >= 0.3 is 0 Å². The lowest BCUT2D eigenvalue weighted by molar-refractivity contribution is -0.119. The topological polar surface area (TPSA) is 20.3 Å². The molecule has 6 rings (SSSR count). The van der Waals surface area contributed by atoms with E-state index in [4.69, 9.17) is 0 Å². The van der Waals surface area contributed by atoms with Crippen molar-refractivity contribution >= 4 is 33.1 Å². The molecule has 0 aliphatic carbocycles. The molecular weight excluding hydrogens is 402 g/mol. The zero-order valence-electron chi connectivity index (χ0n) is 18.7. The van der Waals surface area contributed by atoms with Gasteiger partial charge in [0.2, 0.25) is 5.91 Å². The van der Waals surface area contributed by atoms with E-state index >= 15 is 0 Å². The number of nitrogens with zero attached hydrogens (tertiary/aromatic N) is 1. The molecule has 0 bridgehead atoms. The molecular formula is C31H25NO. The third-order valence-corrected chi connectivity index (χ3v) is 6.90. The molecule has 5 aromatic carbocycles. The fourth-order valence-electron chi connectivity index (χ4n) is 5.17. The van der Waals surface area contributed by atoms with Gasteiger partial charge in [0.15, 0.2) is 0 Å². The molecule has 1 heterocycles. The second-order valence-electron chi connectivity index (χ2n) is 9.05. The molecule has 0 saturated heterocycles. The summed E-state index contributed by atoms with van der Waals surface area (Å²) in [6.07, 6.45) is 0.477. The summed E-state index contributed by atoms with van der Waals surface area (Å²) >= 11 is 0. The Morgan fingerprint density at radius 3 is 2.27 bits per heavy atom. The van der Waals surface area contributed by atoms with Gasteiger partial charge < -0.3 is 4.90 Å². The Labute approximate surface area is 194 Å². The number of anilines is 1. The maximum absolute atomic E-state index is 13.5. The van der Waals surface area contributed by atoms with Crippen LogP contribution in [0.15, 0.2) is 103 Å². The number of fused-ring (bicyclic) bond motifs is 4. The van der Waals surface area contributed by atoms with Gasteiger partial charge in [-0.25, -0.2) is 0 Å². The second-order valence-corrected chi connectivity index (χ2v) is 9.05. The first-order valence-corrected chi connectivity index (χ1v) is 11.5. The van der Waals surface area contributed by atoms with Gasteiger partial charge in [0.1, 0.15) is 0 Å². The zero-order chi connectivity index (χ0) is 22.4. The molecule has 1 atom stereocenters. The summed E-state index contributed by atoms with van der Waals surface area (Å²) < 4.78 is 0. The SMILES string of the molecule is Cc1ccc(CN2C(=O)CC(c3ccc4ccccc4c3)c3c2ccc2ccccc32)cc1. The molecule has 1 unspecified atom stereocenters. The molecule has 0 radical (unpaired) electrons. The Morgan fingerprint density at radius 1 is 0.758 bits per heavy atom. The normalized spacial score (nSPS) is 15.7. The van der Waals surface area contributed by atoms with Crippen LogP contribution < -0.4 is 4.90 Å². The molecule has 33 heavy (non-hydrogen) atoms. The molecule has 1 aliphatic heterocycles. The summed E-state index contributed by atoms with van der Waals surface area (Å²) in [6, 6.07) is 36.4. The third-order valence-electron chi connectivity index (χ3n) is 6.90. The highest BCUT2D eigenvalue weighted by molar-refractivity contribution is 6.03. The van der Waals surface area contributed by atoms with Crippen molar-refractivity contribution < 1.29 is 4.79 Å². The van der Waals surface area contributed by atoms with Crippen LogP contribution >= 0.6 is 0 Å². The number of hydrogen-bond acceptors (Lipinski definition) is 1. The molecule has 0 N–H and O–H groups in total. The molecule has 2 nitrogen and oxygen atoms in total. The van der Waals surface area contributed by atoms with E-state index in [-0.39, 0.29) is 11.8 Å². The molecule has 1 amide bonds. The monoisotopic (exact) mass is 427 g/mol. The highest BCUT2D eigenvalue weighted by Crippen LogP contribution is 2.45. The van der Waals surface area contributed by atoms with Crippen LogP contribution in [0.5, 0.6) is 0 Å². The number of carbonyl (C=O) groups excluding carboxylic acids is 1. The minimum atomic E-state index is 0.0393. The van der Waals surface area contributed by atoms with Crippen molar-refractivity contribution in [1.82, 2.24) is 0 Å². The van der Waals surface area contributed by atoms with Crippen molar-refractivity contribution in [3.05, 3.63) is 125 Å². The molecule has 0 spiro atoms. The molecule has 160 valence electrons. The minimum absolute atomic E-state index is 0.0393. The first-order chi connectivity index (χ1) is 16.2. The van der Waals surface area contributed by atoms with Crippen molar-refractivity contribution in [1.29, 1.82) is 0 Å². The number of benzene rings is 5. The number of amides is 1. The van der Waals surface area contributed by atoms with E-state index in [9.17, 15) is 4.79 Å². The standard InChI is InChI=1S/C31H25NO/c1-21-10-12-22(13-11-21)20-32-29-17-16-24-7-4-5-9-27(24)31(29)28(19-30(32)33)26-15-14-23-6-2-3-8-25(23)18-26/h2-18,28H,19-20H2,1H3. The van der Waals surface area contributed by atoms with Gasteiger partial charge in [0.25, 0.3) is 0 Å². The average molecular weight is 428 g/mol. The van der Waals surface area contributed by atoms with Crippen LogP contribution in [0.1, 0.15) is 34.6 Å². The Morgan fingerprint density at radius 2 is 1.45 bits per heavy atom. The predicted octanol–water partition coefficient (Wildman–Crippen LogP) is 7.37. The molecule has 0 saturated carbocycles. The fraction of sp³-hybridized carbons (Fsp3) is 0.129. The van der Waals surface area contributed by atoms with Gasteiger partial charge in [0.05, 0.1) is 6.54 Å². The first-order valence-electron chi connectivity index (χ1n) is 11.5. The highest BCUT2D eigenvalue weighted by atomic mass is 16.2. The number of aryl methyl sites for hydroxylation is 1. The lowest BCUT2D eigenvalue weighted by Crippen LogP contribution is -2.36. The van der Waals surface area contributed by atoms with E-state index in [1.165, 1.54) is 38.2 Å². The van der Waals surface area contributed by atoms with Crippen LogP contribution in [-0.2, 0) is 11.3 Å². The van der Waals surface area contributed by atoms with Crippen LogP contribution in [0.4, 0.5) is 5.69 Å². The largest absolute Gasteiger partial charge is 0.308 e. The van der Waals surface area contributed by atoms with E-state index in [0.717, 1.165) is 11.3 Å². The fourth-order valence-corrected chi connectivity index (χ4v) is 5.17. The van der Waals surface area contributed by atoms with Crippen LogP contribution in [0.2, 0.25) is 0 Å². The van der Waals surface area contributed by atoms with E-state index < -0.39 is 0 Å².